The Kier molecular flexibility index (Phi) is 19.7. The van der Waals surface area contributed by atoms with E-state index < -0.39 is 0 Å². The summed E-state index contributed by atoms with van der Waals surface area (Å²) in [5, 5.41) is 0. The van der Waals surface area contributed by atoms with E-state index in [9.17, 15) is 9.59 Å². The van der Waals surface area contributed by atoms with Crippen LogP contribution in [0.3, 0.4) is 0 Å². The van der Waals surface area contributed by atoms with E-state index in [2.05, 4.69) is 134 Å². The maximum atomic E-state index is 11.8. The van der Waals surface area contributed by atoms with E-state index in [1.54, 1.807) is 0 Å². The van der Waals surface area contributed by atoms with Crippen molar-refractivity contribution < 1.29 is 9.59 Å². The number of likely N-dealkylation sites (N-methyl/N-ethyl adjacent to an activating group) is 4. The van der Waals surface area contributed by atoms with Crippen molar-refractivity contribution in [3.63, 3.8) is 0 Å². The molecular weight excluding hydrogens is 624 g/mol. The molecule has 4 fully saturated rings. The molecule has 50 heavy (non-hydrogen) atoms. The first-order valence-electron chi connectivity index (χ1n) is 19.2. The van der Waals surface area contributed by atoms with Crippen LogP contribution in [0.1, 0.15) is 111 Å². The highest BCUT2D eigenvalue weighted by Crippen LogP contribution is 2.25. The molecule has 0 bridgehead atoms. The largest absolute Gasteiger partial charge is 0.343 e. The molecule has 4 rings (SSSR count). The van der Waals surface area contributed by atoms with E-state index in [1.165, 1.54) is 39.3 Å². The van der Waals surface area contributed by atoms with E-state index >= 15 is 0 Å². The quantitative estimate of drug-likeness (QED) is 0.405. The number of hydrogen-bond acceptors (Lipinski definition) is 8. The molecule has 2 amide bonds. The Bertz CT molecular complexity index is 1010. The van der Waals surface area contributed by atoms with Gasteiger partial charge in [-0.05, 0) is 118 Å². The summed E-state index contributed by atoms with van der Waals surface area (Å²) >= 11 is 0. The number of nitrogens with zero attached hydrogens (tertiary/aromatic N) is 8. The van der Waals surface area contributed by atoms with Crippen molar-refractivity contribution in [2.75, 3.05) is 93.6 Å². The average Bonchev–Trinajstić information content (AvgIpc) is 2.94. The van der Waals surface area contributed by atoms with Crippen LogP contribution in [0.5, 0.6) is 0 Å². The lowest BCUT2D eigenvalue weighted by Gasteiger charge is -2.48. The summed E-state index contributed by atoms with van der Waals surface area (Å²) < 4.78 is 0. The van der Waals surface area contributed by atoms with Gasteiger partial charge in [-0.2, -0.15) is 0 Å². The minimum absolute atomic E-state index is 0. The Morgan fingerprint density at radius 3 is 1.50 bits per heavy atom. The summed E-state index contributed by atoms with van der Waals surface area (Å²) in [5.41, 5.74) is 0.124. The summed E-state index contributed by atoms with van der Waals surface area (Å²) in [6.07, 6.45) is 0. The van der Waals surface area contributed by atoms with Crippen LogP contribution in [-0.4, -0.2) is 191 Å². The molecule has 0 aromatic carbocycles. The van der Waals surface area contributed by atoms with Gasteiger partial charge in [0.25, 0.3) is 0 Å². The molecule has 0 unspecified atom stereocenters. The molecule has 0 aromatic rings. The van der Waals surface area contributed by atoms with Gasteiger partial charge in [-0.1, -0.05) is 7.43 Å². The number of hydrogen-bond donors (Lipinski definition) is 0. The minimum Gasteiger partial charge on any atom is -0.343 e. The number of rotatable bonds is 4. The summed E-state index contributed by atoms with van der Waals surface area (Å²) in [6.45, 7) is 43.5. The highest BCUT2D eigenvalue weighted by Gasteiger charge is 2.41. The fourth-order valence-electron chi connectivity index (χ4n) is 8.17. The number of carbonyl (C=O) groups is 2. The molecule has 10 heteroatoms. The van der Waals surface area contributed by atoms with Crippen molar-refractivity contribution in [1.82, 2.24) is 39.2 Å². The Balaban J connectivity index is 0.000000637. The zero-order chi connectivity index (χ0) is 38.2. The van der Waals surface area contributed by atoms with Crippen molar-refractivity contribution in [3.05, 3.63) is 0 Å². The average molecular weight is 711 g/mol. The zero-order valence-electron chi connectivity index (χ0n) is 35.9. The standard InChI is InChI=1S/2C10H20N2O.C10H22N2.C9H20N2.CH4/c1-8(2)12-6-9(13)11(5)7-10(12,3)4;1-8(2)12-7-6-11(5)9(13)10(12,3)4;1-9(2)12-7-6-11(5)8-10(12,3)4;1-8(2)11-6-5-10(4)9(3)7-11;/h2*8H,6-7H2,1-5H3;9H,6-8H2,1-5H3;8-9H,5-7H2,1-4H3;1H4/t;;;9-;/m...0./s1. The molecule has 4 saturated heterocycles. The first kappa shape index (κ1) is 48.7. The number of piperazine rings is 4. The molecule has 4 aliphatic heterocycles. The Hall–Kier alpha value is -1.30. The fraction of sp³-hybridized carbons (Fsp3) is 0.950. The molecule has 0 N–H and O–H groups in total. The zero-order valence-corrected chi connectivity index (χ0v) is 35.9. The molecule has 10 nitrogen and oxygen atoms in total. The highest BCUT2D eigenvalue weighted by molar-refractivity contribution is 5.86. The number of carbonyl (C=O) groups excluding carboxylic acids is 2. The van der Waals surface area contributed by atoms with E-state index in [-0.39, 0.29) is 30.3 Å². The molecule has 298 valence electrons. The van der Waals surface area contributed by atoms with Gasteiger partial charge in [-0.25, -0.2) is 0 Å². The van der Waals surface area contributed by atoms with Crippen molar-refractivity contribution in [2.45, 2.75) is 158 Å². The maximum absolute atomic E-state index is 11.8. The fourth-order valence-corrected chi connectivity index (χ4v) is 8.17. The second-order valence-corrected chi connectivity index (χ2v) is 18.1. The van der Waals surface area contributed by atoms with Crippen LogP contribution in [-0.2, 0) is 9.59 Å². The van der Waals surface area contributed by atoms with Crippen LogP contribution >= 0.6 is 0 Å². The number of amides is 2. The van der Waals surface area contributed by atoms with Crippen LogP contribution in [0.2, 0.25) is 0 Å². The van der Waals surface area contributed by atoms with Gasteiger partial charge >= 0.3 is 0 Å². The SMILES string of the molecule is C.CC(C)N1CC(=O)N(C)CC1(C)C.CC(C)N1CCN(C)C(=O)C1(C)C.CC(C)N1CCN(C)CC1(C)C.CC(C)N1CCN(C)[C@@H](C)C1. The van der Waals surface area contributed by atoms with Crippen molar-refractivity contribution in [2.24, 2.45) is 0 Å². The van der Waals surface area contributed by atoms with E-state index in [4.69, 9.17) is 0 Å². The lowest BCUT2D eigenvalue weighted by atomic mass is 9.96. The van der Waals surface area contributed by atoms with E-state index in [0.717, 1.165) is 25.7 Å². The summed E-state index contributed by atoms with van der Waals surface area (Å²) in [7, 11) is 8.17. The molecule has 0 aliphatic carbocycles. The highest BCUT2D eigenvalue weighted by atomic mass is 16.2. The van der Waals surface area contributed by atoms with E-state index in [0.29, 0.717) is 36.3 Å². The second kappa shape index (κ2) is 20.2. The van der Waals surface area contributed by atoms with Gasteiger partial charge in [-0.3, -0.25) is 29.2 Å². The Morgan fingerprint density at radius 1 is 0.580 bits per heavy atom. The second-order valence-electron chi connectivity index (χ2n) is 18.1. The molecule has 0 saturated carbocycles. The summed E-state index contributed by atoms with van der Waals surface area (Å²) in [6, 6.07) is 2.99. The smallest absolute Gasteiger partial charge is 0.242 e. The van der Waals surface area contributed by atoms with Crippen LogP contribution < -0.4 is 0 Å². The maximum Gasteiger partial charge on any atom is 0.242 e. The first-order chi connectivity index (χ1) is 22.3. The van der Waals surface area contributed by atoms with Gasteiger partial charge in [0.05, 0.1) is 12.1 Å². The minimum atomic E-state index is -0.332. The van der Waals surface area contributed by atoms with Gasteiger partial charge in [0.2, 0.25) is 11.8 Å². The molecule has 0 aromatic heterocycles. The van der Waals surface area contributed by atoms with Crippen molar-refractivity contribution >= 4 is 11.8 Å². The third kappa shape index (κ3) is 13.9. The van der Waals surface area contributed by atoms with Crippen LogP contribution in [0.25, 0.3) is 0 Å². The lowest BCUT2D eigenvalue weighted by Crippen LogP contribution is -2.63. The first-order valence-corrected chi connectivity index (χ1v) is 19.2. The normalized spacial score (nSPS) is 25.5. The van der Waals surface area contributed by atoms with Crippen molar-refractivity contribution in [3.8, 4) is 0 Å². The van der Waals surface area contributed by atoms with Gasteiger partial charge in [0, 0.05) is 114 Å². The summed E-state index contributed by atoms with van der Waals surface area (Å²) in [5.74, 6) is 0.459. The third-order valence-electron chi connectivity index (χ3n) is 11.1. The molecule has 0 spiro atoms. The predicted octanol–water partition coefficient (Wildman–Crippen LogP) is 4.98. The summed E-state index contributed by atoms with van der Waals surface area (Å²) in [4.78, 5) is 41.5. The van der Waals surface area contributed by atoms with Gasteiger partial charge in [0.1, 0.15) is 0 Å². The molecule has 1 atom stereocenters. The van der Waals surface area contributed by atoms with Crippen molar-refractivity contribution in [1.29, 1.82) is 0 Å². The predicted molar refractivity (Wildman–Crippen MR) is 216 cm³/mol. The Morgan fingerprint density at radius 2 is 1.06 bits per heavy atom. The molecule has 4 heterocycles. The van der Waals surface area contributed by atoms with E-state index in [1.807, 2.05) is 37.7 Å². The van der Waals surface area contributed by atoms with Gasteiger partial charge < -0.3 is 19.6 Å². The lowest BCUT2D eigenvalue weighted by molar-refractivity contribution is -0.148. The third-order valence-corrected chi connectivity index (χ3v) is 11.1. The van der Waals surface area contributed by atoms with Crippen LogP contribution in [0.4, 0.5) is 0 Å². The molecule has 0 radical (unpaired) electrons. The topological polar surface area (TPSA) is 60.1 Å². The van der Waals surface area contributed by atoms with Gasteiger partial charge in [0.15, 0.2) is 0 Å². The van der Waals surface area contributed by atoms with Crippen LogP contribution in [0, 0.1) is 0 Å². The monoisotopic (exact) mass is 711 g/mol. The Labute approximate surface area is 311 Å². The van der Waals surface area contributed by atoms with Crippen LogP contribution in [0.15, 0.2) is 0 Å². The molecule has 4 aliphatic rings. The molecular formula is C40H86N8O2. The van der Waals surface area contributed by atoms with Gasteiger partial charge in [-0.15, -0.1) is 0 Å².